The zero-order valence-corrected chi connectivity index (χ0v) is 13.1. The van der Waals surface area contributed by atoms with E-state index in [1.807, 2.05) is 0 Å². The van der Waals surface area contributed by atoms with E-state index in [1.165, 1.54) is 53.5 Å². The molecule has 1 aromatic heterocycles. The number of rotatable bonds is 4. The highest BCUT2D eigenvalue weighted by Gasteiger charge is 2.19. The van der Waals surface area contributed by atoms with Gasteiger partial charge in [-0.15, -0.1) is 0 Å². The Morgan fingerprint density at radius 1 is 1.28 bits per heavy atom. The third-order valence-electron chi connectivity index (χ3n) is 3.66. The Morgan fingerprint density at radius 2 is 2.08 bits per heavy atom. The fourth-order valence-corrected chi connectivity index (χ4v) is 2.35. The second-order valence-electron chi connectivity index (χ2n) is 5.34. The average Bonchev–Trinajstić information content (AvgIpc) is 3.12. The average molecular weight is 340 g/mol. The molecule has 0 bridgehead atoms. The van der Waals surface area contributed by atoms with E-state index in [4.69, 9.17) is 0 Å². The Kier molecular flexibility index (Phi) is 4.25. The van der Waals surface area contributed by atoms with Crippen molar-refractivity contribution in [3.05, 3.63) is 82.2 Å². The highest BCUT2D eigenvalue weighted by Crippen LogP contribution is 2.25. The zero-order valence-electron chi connectivity index (χ0n) is 13.1. The van der Waals surface area contributed by atoms with Gasteiger partial charge in [-0.05, 0) is 36.8 Å². The Hall–Kier alpha value is -3.55. The van der Waals surface area contributed by atoms with Crippen molar-refractivity contribution in [1.29, 1.82) is 0 Å². The molecule has 0 atom stereocenters. The summed E-state index contributed by atoms with van der Waals surface area (Å²) in [4.78, 5) is 27.0. The number of anilines is 1. The summed E-state index contributed by atoms with van der Waals surface area (Å²) < 4.78 is 14.8. The first-order chi connectivity index (χ1) is 12.0. The van der Waals surface area contributed by atoms with E-state index in [-0.39, 0.29) is 11.3 Å². The molecule has 0 saturated heterocycles. The number of hydrogen-bond acceptors (Lipinski definition) is 4. The number of imidazole rings is 1. The topological polar surface area (TPSA) is 90.1 Å². The molecule has 0 aliphatic rings. The van der Waals surface area contributed by atoms with Crippen LogP contribution >= 0.6 is 0 Å². The van der Waals surface area contributed by atoms with Crippen LogP contribution in [0.4, 0.5) is 15.8 Å². The number of aryl methyl sites for hydroxylation is 1. The molecule has 2 aromatic carbocycles. The maximum absolute atomic E-state index is 13.3. The van der Waals surface area contributed by atoms with Gasteiger partial charge >= 0.3 is 0 Å². The molecule has 126 valence electrons. The van der Waals surface area contributed by atoms with E-state index in [0.717, 1.165) is 0 Å². The van der Waals surface area contributed by atoms with Gasteiger partial charge in [0, 0.05) is 29.7 Å². The van der Waals surface area contributed by atoms with Gasteiger partial charge in [-0.25, -0.2) is 9.37 Å². The number of nitrogens with one attached hydrogen (secondary N) is 1. The van der Waals surface area contributed by atoms with Crippen LogP contribution in [0.25, 0.3) is 5.69 Å². The SMILES string of the molecule is Cc1ccc(F)cc1NC(=O)c1ccc(-n2ccnc2)c([N+](=O)[O-])c1. The lowest BCUT2D eigenvalue weighted by Gasteiger charge is -2.10. The fraction of sp³-hybridized carbons (Fsp3) is 0.0588. The van der Waals surface area contributed by atoms with Crippen LogP contribution in [0.3, 0.4) is 0 Å². The standard InChI is InChI=1S/C17H13FN4O3/c1-11-2-4-13(18)9-14(11)20-17(23)12-3-5-15(16(8-12)22(24)25)21-7-6-19-10-21/h2-10H,1H3,(H,20,23). The number of nitrogens with zero attached hydrogens (tertiary/aromatic N) is 3. The maximum atomic E-state index is 13.3. The van der Waals surface area contributed by atoms with E-state index < -0.39 is 16.6 Å². The summed E-state index contributed by atoms with van der Waals surface area (Å²) in [5.74, 6) is -1.05. The molecule has 0 radical (unpaired) electrons. The predicted octanol–water partition coefficient (Wildman–Crippen LogP) is 3.48. The van der Waals surface area contributed by atoms with Crippen molar-refractivity contribution >= 4 is 17.3 Å². The molecule has 0 unspecified atom stereocenters. The number of hydrogen-bond donors (Lipinski definition) is 1. The summed E-state index contributed by atoms with van der Waals surface area (Å²) >= 11 is 0. The van der Waals surface area contributed by atoms with Gasteiger partial charge in [-0.3, -0.25) is 14.9 Å². The summed E-state index contributed by atoms with van der Waals surface area (Å²) in [6.07, 6.45) is 4.49. The Bertz CT molecular complexity index is 955. The molecule has 1 N–H and O–H groups in total. The smallest absolute Gasteiger partial charge is 0.294 e. The van der Waals surface area contributed by atoms with Crippen molar-refractivity contribution in [3.8, 4) is 5.69 Å². The summed E-state index contributed by atoms with van der Waals surface area (Å²) in [6.45, 7) is 1.72. The normalized spacial score (nSPS) is 10.5. The molecule has 25 heavy (non-hydrogen) atoms. The van der Waals surface area contributed by atoms with E-state index >= 15 is 0 Å². The summed E-state index contributed by atoms with van der Waals surface area (Å²) in [5.41, 5.74) is 1.15. The molecule has 8 heteroatoms. The van der Waals surface area contributed by atoms with Gasteiger partial charge < -0.3 is 9.88 Å². The van der Waals surface area contributed by atoms with Crippen molar-refractivity contribution in [2.75, 3.05) is 5.32 Å². The molecule has 7 nitrogen and oxygen atoms in total. The lowest BCUT2D eigenvalue weighted by Crippen LogP contribution is -2.13. The van der Waals surface area contributed by atoms with Gasteiger partial charge in [0.15, 0.2) is 0 Å². The maximum Gasteiger partial charge on any atom is 0.294 e. The lowest BCUT2D eigenvalue weighted by atomic mass is 10.1. The molecule has 1 amide bonds. The number of benzene rings is 2. The quantitative estimate of drug-likeness (QED) is 0.581. The highest BCUT2D eigenvalue weighted by molar-refractivity contribution is 6.05. The van der Waals surface area contributed by atoms with Gasteiger partial charge in [-0.1, -0.05) is 6.07 Å². The minimum Gasteiger partial charge on any atom is -0.322 e. The number of nitro benzene ring substituents is 1. The monoisotopic (exact) mass is 340 g/mol. The number of carbonyl (C=O) groups is 1. The molecule has 3 aromatic rings. The van der Waals surface area contributed by atoms with Crippen LogP contribution in [0.2, 0.25) is 0 Å². The van der Waals surface area contributed by atoms with E-state index in [9.17, 15) is 19.3 Å². The molecular weight excluding hydrogens is 327 g/mol. The molecule has 0 aliphatic carbocycles. The highest BCUT2D eigenvalue weighted by atomic mass is 19.1. The molecule has 3 rings (SSSR count). The Balaban J connectivity index is 1.95. The predicted molar refractivity (Wildman–Crippen MR) is 89.3 cm³/mol. The number of halogens is 1. The fourth-order valence-electron chi connectivity index (χ4n) is 2.35. The van der Waals surface area contributed by atoms with Crippen LogP contribution in [0.15, 0.2) is 55.1 Å². The molecule has 0 spiro atoms. The van der Waals surface area contributed by atoms with E-state index in [1.54, 1.807) is 13.1 Å². The number of aromatic nitrogens is 2. The van der Waals surface area contributed by atoms with Gasteiger partial charge in [0.1, 0.15) is 11.5 Å². The second kappa shape index (κ2) is 6.52. The summed E-state index contributed by atoms with van der Waals surface area (Å²) in [5, 5.41) is 13.9. The first-order valence-corrected chi connectivity index (χ1v) is 7.30. The van der Waals surface area contributed by atoms with Crippen molar-refractivity contribution in [3.63, 3.8) is 0 Å². The summed E-state index contributed by atoms with van der Waals surface area (Å²) in [7, 11) is 0. The number of amides is 1. The van der Waals surface area contributed by atoms with Crippen LogP contribution in [0.5, 0.6) is 0 Å². The summed E-state index contributed by atoms with van der Waals surface area (Å²) in [6, 6.07) is 8.13. The Labute approximate surface area is 141 Å². The second-order valence-corrected chi connectivity index (χ2v) is 5.34. The minimum absolute atomic E-state index is 0.0965. The lowest BCUT2D eigenvalue weighted by molar-refractivity contribution is -0.384. The van der Waals surface area contributed by atoms with Gasteiger partial charge in [0.2, 0.25) is 0 Å². The first kappa shape index (κ1) is 16.3. The van der Waals surface area contributed by atoms with Gasteiger partial charge in [-0.2, -0.15) is 0 Å². The molecule has 0 saturated carbocycles. The number of carbonyl (C=O) groups excluding carboxylic acids is 1. The van der Waals surface area contributed by atoms with E-state index in [0.29, 0.717) is 16.9 Å². The third-order valence-corrected chi connectivity index (χ3v) is 3.66. The largest absolute Gasteiger partial charge is 0.322 e. The van der Waals surface area contributed by atoms with Crippen LogP contribution in [-0.4, -0.2) is 20.4 Å². The van der Waals surface area contributed by atoms with Gasteiger partial charge in [0.25, 0.3) is 11.6 Å². The van der Waals surface area contributed by atoms with Crippen molar-refractivity contribution in [2.24, 2.45) is 0 Å². The van der Waals surface area contributed by atoms with Crippen molar-refractivity contribution < 1.29 is 14.1 Å². The van der Waals surface area contributed by atoms with Crippen LogP contribution in [0.1, 0.15) is 15.9 Å². The third kappa shape index (κ3) is 3.37. The van der Waals surface area contributed by atoms with Crippen LogP contribution in [-0.2, 0) is 0 Å². The number of nitro groups is 1. The van der Waals surface area contributed by atoms with Crippen LogP contribution in [0, 0.1) is 22.9 Å². The molecule has 0 fully saturated rings. The molecular formula is C17H13FN4O3. The van der Waals surface area contributed by atoms with E-state index in [2.05, 4.69) is 10.3 Å². The molecule has 1 heterocycles. The van der Waals surface area contributed by atoms with Crippen molar-refractivity contribution in [1.82, 2.24) is 9.55 Å². The van der Waals surface area contributed by atoms with Crippen LogP contribution < -0.4 is 5.32 Å². The van der Waals surface area contributed by atoms with Gasteiger partial charge in [0.05, 0.1) is 11.3 Å². The zero-order chi connectivity index (χ0) is 18.0. The minimum atomic E-state index is -0.570. The van der Waals surface area contributed by atoms with Crippen molar-refractivity contribution in [2.45, 2.75) is 6.92 Å². The first-order valence-electron chi connectivity index (χ1n) is 7.30. The Morgan fingerprint density at radius 3 is 2.76 bits per heavy atom. The molecule has 0 aliphatic heterocycles.